The van der Waals surface area contributed by atoms with Crippen LogP contribution in [0, 0.1) is 6.92 Å². The molecular formula is C15H20N2OS. The first-order chi connectivity index (χ1) is 9.13. The van der Waals surface area contributed by atoms with Gasteiger partial charge in [0.1, 0.15) is 5.75 Å². The van der Waals surface area contributed by atoms with Gasteiger partial charge in [0, 0.05) is 24.2 Å². The molecule has 0 saturated heterocycles. The summed E-state index contributed by atoms with van der Waals surface area (Å²) >= 11 is 1.74. The van der Waals surface area contributed by atoms with Crippen LogP contribution in [0.2, 0.25) is 0 Å². The molecule has 0 unspecified atom stereocenters. The molecule has 2 aromatic rings. The number of nitrogens with zero attached hydrogens (tertiary/aromatic N) is 1. The Labute approximate surface area is 118 Å². The molecule has 19 heavy (non-hydrogen) atoms. The minimum absolute atomic E-state index is 0.211. The molecule has 0 saturated carbocycles. The van der Waals surface area contributed by atoms with E-state index in [2.05, 4.69) is 22.4 Å². The molecule has 0 aliphatic heterocycles. The minimum Gasteiger partial charge on any atom is -0.491 e. The van der Waals surface area contributed by atoms with Gasteiger partial charge in [-0.2, -0.15) is 0 Å². The number of aromatic nitrogens is 1. The summed E-state index contributed by atoms with van der Waals surface area (Å²) < 4.78 is 5.69. The number of hydrogen-bond acceptors (Lipinski definition) is 4. The smallest absolute Gasteiger partial charge is 0.120 e. The number of ether oxygens (including phenoxy) is 1. The van der Waals surface area contributed by atoms with Crippen LogP contribution in [0.15, 0.2) is 30.5 Å². The van der Waals surface area contributed by atoms with Crippen LogP contribution in [0.3, 0.4) is 0 Å². The van der Waals surface area contributed by atoms with Crippen molar-refractivity contribution in [2.24, 2.45) is 0 Å². The van der Waals surface area contributed by atoms with Crippen molar-refractivity contribution in [1.82, 2.24) is 10.3 Å². The first-order valence-electron chi connectivity index (χ1n) is 6.51. The molecule has 1 N–H and O–H groups in total. The van der Waals surface area contributed by atoms with Gasteiger partial charge in [-0.3, -0.25) is 0 Å². The lowest BCUT2D eigenvalue weighted by Gasteiger charge is -2.11. The second-order valence-electron chi connectivity index (χ2n) is 4.76. The van der Waals surface area contributed by atoms with Crippen molar-refractivity contribution in [3.8, 4) is 5.75 Å². The molecule has 4 heteroatoms. The van der Waals surface area contributed by atoms with E-state index in [9.17, 15) is 0 Å². The fourth-order valence-corrected chi connectivity index (χ4v) is 2.58. The molecule has 1 aromatic heterocycles. The molecule has 3 nitrogen and oxygen atoms in total. The molecule has 1 aromatic carbocycles. The fourth-order valence-electron chi connectivity index (χ4n) is 1.82. The summed E-state index contributed by atoms with van der Waals surface area (Å²) in [7, 11) is 0. The number of rotatable bonds is 6. The van der Waals surface area contributed by atoms with E-state index in [1.54, 1.807) is 11.3 Å². The number of nitrogens with one attached hydrogen (secondary N) is 1. The molecule has 102 valence electrons. The van der Waals surface area contributed by atoms with Crippen molar-refractivity contribution >= 4 is 11.3 Å². The van der Waals surface area contributed by atoms with E-state index >= 15 is 0 Å². The van der Waals surface area contributed by atoms with E-state index in [0.717, 1.165) is 23.8 Å². The second kappa shape index (κ2) is 6.68. The summed E-state index contributed by atoms with van der Waals surface area (Å²) in [6.07, 6.45) is 2.15. The lowest BCUT2D eigenvalue weighted by molar-refractivity contribution is 0.242. The number of benzene rings is 1. The van der Waals surface area contributed by atoms with Crippen molar-refractivity contribution in [2.45, 2.75) is 40.0 Å². The summed E-state index contributed by atoms with van der Waals surface area (Å²) in [5.41, 5.74) is 1.24. The molecule has 0 atom stereocenters. The maximum Gasteiger partial charge on any atom is 0.120 e. The molecule has 0 fully saturated rings. The lowest BCUT2D eigenvalue weighted by Crippen LogP contribution is -2.12. The zero-order valence-electron chi connectivity index (χ0n) is 11.6. The van der Waals surface area contributed by atoms with E-state index < -0.39 is 0 Å². The summed E-state index contributed by atoms with van der Waals surface area (Å²) in [5.74, 6) is 0.933. The Hall–Kier alpha value is -1.39. The summed E-state index contributed by atoms with van der Waals surface area (Å²) in [4.78, 5) is 5.52. The van der Waals surface area contributed by atoms with Gasteiger partial charge in [0.15, 0.2) is 0 Å². The molecule has 1 heterocycles. The van der Waals surface area contributed by atoms with Crippen molar-refractivity contribution in [1.29, 1.82) is 0 Å². The second-order valence-corrected chi connectivity index (χ2v) is 6.08. The summed E-state index contributed by atoms with van der Waals surface area (Å²) in [5, 5.41) is 4.54. The van der Waals surface area contributed by atoms with E-state index in [1.165, 1.54) is 10.4 Å². The Morgan fingerprint density at radius 3 is 2.84 bits per heavy atom. The van der Waals surface area contributed by atoms with Crippen molar-refractivity contribution in [2.75, 3.05) is 0 Å². The van der Waals surface area contributed by atoms with Gasteiger partial charge >= 0.3 is 0 Å². The van der Waals surface area contributed by atoms with E-state index in [-0.39, 0.29) is 6.10 Å². The quantitative estimate of drug-likeness (QED) is 0.876. The standard InChI is InChI=1S/C15H20N2OS/c1-11(2)18-14-6-4-5-13(7-14)8-16-9-15-10-17-12(3)19-15/h4-7,10-11,16H,8-9H2,1-3H3. The van der Waals surface area contributed by atoms with Gasteiger partial charge in [0.25, 0.3) is 0 Å². The predicted octanol–water partition coefficient (Wildman–Crippen LogP) is 3.53. The van der Waals surface area contributed by atoms with Crippen LogP contribution in [0.5, 0.6) is 5.75 Å². The molecule has 0 amide bonds. The highest BCUT2D eigenvalue weighted by Gasteiger charge is 2.01. The van der Waals surface area contributed by atoms with Crippen LogP contribution in [-0.4, -0.2) is 11.1 Å². The maximum absolute atomic E-state index is 5.69. The minimum atomic E-state index is 0.211. The Morgan fingerprint density at radius 2 is 2.16 bits per heavy atom. The zero-order chi connectivity index (χ0) is 13.7. The van der Waals surface area contributed by atoms with Crippen LogP contribution in [0.1, 0.15) is 29.3 Å². The molecule has 0 spiro atoms. The monoisotopic (exact) mass is 276 g/mol. The van der Waals surface area contributed by atoms with Gasteiger partial charge in [-0.25, -0.2) is 4.98 Å². The van der Waals surface area contributed by atoms with Crippen LogP contribution < -0.4 is 10.1 Å². The first kappa shape index (κ1) is 14.0. The highest BCUT2D eigenvalue weighted by atomic mass is 32.1. The topological polar surface area (TPSA) is 34.2 Å². The molecule has 0 aliphatic carbocycles. The van der Waals surface area contributed by atoms with Gasteiger partial charge in [-0.15, -0.1) is 11.3 Å². The SMILES string of the molecule is Cc1ncc(CNCc2cccc(OC(C)C)c2)s1. The van der Waals surface area contributed by atoms with Crippen molar-refractivity contribution < 1.29 is 4.74 Å². The third kappa shape index (κ3) is 4.65. The summed E-state index contributed by atoms with van der Waals surface area (Å²) in [6, 6.07) is 8.23. The molecule has 0 radical (unpaired) electrons. The van der Waals surface area contributed by atoms with Crippen LogP contribution in [0.25, 0.3) is 0 Å². The van der Waals surface area contributed by atoms with E-state index in [1.807, 2.05) is 39.1 Å². The van der Waals surface area contributed by atoms with Crippen LogP contribution >= 0.6 is 11.3 Å². The zero-order valence-corrected chi connectivity index (χ0v) is 12.5. The Balaban J connectivity index is 1.85. The van der Waals surface area contributed by atoms with Crippen LogP contribution in [0.4, 0.5) is 0 Å². The predicted molar refractivity (Wildman–Crippen MR) is 79.6 cm³/mol. The fraction of sp³-hybridized carbons (Fsp3) is 0.400. The third-order valence-corrected chi connectivity index (χ3v) is 3.48. The van der Waals surface area contributed by atoms with E-state index in [4.69, 9.17) is 4.74 Å². The molecule has 2 rings (SSSR count). The van der Waals surface area contributed by atoms with Gasteiger partial charge in [0.05, 0.1) is 11.1 Å². The molecular weight excluding hydrogens is 256 g/mol. The van der Waals surface area contributed by atoms with Crippen molar-refractivity contribution in [3.05, 3.63) is 45.9 Å². The van der Waals surface area contributed by atoms with Gasteiger partial charge < -0.3 is 10.1 Å². The number of aryl methyl sites for hydroxylation is 1. The average molecular weight is 276 g/mol. The van der Waals surface area contributed by atoms with E-state index in [0.29, 0.717) is 0 Å². The third-order valence-electron chi connectivity index (χ3n) is 2.57. The Morgan fingerprint density at radius 1 is 1.32 bits per heavy atom. The van der Waals surface area contributed by atoms with Gasteiger partial charge in [-0.1, -0.05) is 12.1 Å². The number of hydrogen-bond donors (Lipinski definition) is 1. The van der Waals surface area contributed by atoms with Gasteiger partial charge in [0.2, 0.25) is 0 Å². The number of thiazole rings is 1. The average Bonchev–Trinajstić information content (AvgIpc) is 2.75. The highest BCUT2D eigenvalue weighted by molar-refractivity contribution is 7.11. The van der Waals surface area contributed by atoms with Crippen LogP contribution in [-0.2, 0) is 13.1 Å². The Bertz CT molecular complexity index is 522. The summed E-state index contributed by atoms with van der Waals surface area (Å²) in [6.45, 7) is 7.81. The maximum atomic E-state index is 5.69. The Kier molecular flexibility index (Phi) is 4.93. The normalized spacial score (nSPS) is 10.9. The molecule has 0 bridgehead atoms. The molecule has 0 aliphatic rings. The van der Waals surface area contributed by atoms with Gasteiger partial charge in [-0.05, 0) is 38.5 Å². The first-order valence-corrected chi connectivity index (χ1v) is 7.33. The highest BCUT2D eigenvalue weighted by Crippen LogP contribution is 2.15. The largest absolute Gasteiger partial charge is 0.491 e. The van der Waals surface area contributed by atoms with Crippen molar-refractivity contribution in [3.63, 3.8) is 0 Å². The lowest BCUT2D eigenvalue weighted by atomic mass is 10.2.